The van der Waals surface area contributed by atoms with E-state index in [1.54, 1.807) is 0 Å². The van der Waals surface area contributed by atoms with Crippen molar-refractivity contribution in [3.8, 4) is 0 Å². The standard InChI is InChI=1S/C17H24N2O2S/c1-14(15-5-3-2-4-6-15)19-7-10-21-16(13-19)17(20)18-8-11-22-12-9-18/h2-6,14,16H,7-13H2,1H3. The lowest BCUT2D eigenvalue weighted by Gasteiger charge is -2.38. The molecule has 2 atom stereocenters. The third kappa shape index (κ3) is 3.65. The van der Waals surface area contributed by atoms with E-state index in [0.717, 1.165) is 31.1 Å². The zero-order valence-corrected chi connectivity index (χ0v) is 13.9. The maximum atomic E-state index is 12.6. The van der Waals surface area contributed by atoms with Gasteiger partial charge in [0.2, 0.25) is 0 Å². The molecule has 2 saturated heterocycles. The maximum absolute atomic E-state index is 12.6. The highest BCUT2D eigenvalue weighted by Gasteiger charge is 2.32. The SMILES string of the molecule is CC(c1ccccc1)N1CCOC(C(=O)N2CCSCC2)C1. The van der Waals surface area contributed by atoms with Gasteiger partial charge in [0.05, 0.1) is 6.61 Å². The topological polar surface area (TPSA) is 32.8 Å². The van der Waals surface area contributed by atoms with Crippen molar-refractivity contribution in [3.63, 3.8) is 0 Å². The first-order valence-corrected chi connectivity index (χ1v) is 9.18. The molecular weight excluding hydrogens is 296 g/mol. The third-order valence-corrected chi connectivity index (χ3v) is 5.47. The quantitative estimate of drug-likeness (QED) is 0.853. The summed E-state index contributed by atoms with van der Waals surface area (Å²) in [5.41, 5.74) is 1.30. The predicted molar refractivity (Wildman–Crippen MR) is 90.1 cm³/mol. The fourth-order valence-electron chi connectivity index (χ4n) is 3.10. The van der Waals surface area contributed by atoms with E-state index in [1.807, 2.05) is 22.7 Å². The van der Waals surface area contributed by atoms with E-state index in [4.69, 9.17) is 4.74 Å². The van der Waals surface area contributed by atoms with Crippen LogP contribution in [0.5, 0.6) is 0 Å². The van der Waals surface area contributed by atoms with Gasteiger partial charge in [0.15, 0.2) is 0 Å². The van der Waals surface area contributed by atoms with Crippen molar-refractivity contribution in [2.24, 2.45) is 0 Å². The Bertz CT molecular complexity index is 491. The van der Waals surface area contributed by atoms with Gasteiger partial charge in [-0.15, -0.1) is 0 Å². The number of ether oxygens (including phenoxy) is 1. The Kier molecular flexibility index (Phi) is 5.39. The van der Waals surface area contributed by atoms with Crippen LogP contribution in [0.3, 0.4) is 0 Å². The highest BCUT2D eigenvalue weighted by molar-refractivity contribution is 7.99. The van der Waals surface area contributed by atoms with Crippen molar-refractivity contribution in [3.05, 3.63) is 35.9 Å². The van der Waals surface area contributed by atoms with Crippen LogP contribution in [0.4, 0.5) is 0 Å². The summed E-state index contributed by atoms with van der Waals surface area (Å²) in [4.78, 5) is 17.0. The molecule has 120 valence electrons. The normalized spacial score (nSPS) is 25.0. The highest BCUT2D eigenvalue weighted by atomic mass is 32.2. The van der Waals surface area contributed by atoms with Crippen molar-refractivity contribution in [1.29, 1.82) is 0 Å². The molecule has 3 rings (SSSR count). The van der Waals surface area contributed by atoms with E-state index < -0.39 is 0 Å². The number of nitrogens with zero attached hydrogens (tertiary/aromatic N) is 2. The lowest BCUT2D eigenvalue weighted by Crippen LogP contribution is -2.52. The number of amides is 1. The van der Waals surface area contributed by atoms with E-state index in [0.29, 0.717) is 19.2 Å². The van der Waals surface area contributed by atoms with Gasteiger partial charge in [0.25, 0.3) is 5.91 Å². The zero-order chi connectivity index (χ0) is 15.4. The number of morpholine rings is 1. The van der Waals surface area contributed by atoms with Crippen LogP contribution in [0.15, 0.2) is 30.3 Å². The van der Waals surface area contributed by atoms with Gasteiger partial charge in [-0.25, -0.2) is 0 Å². The summed E-state index contributed by atoms with van der Waals surface area (Å²) in [6, 6.07) is 10.8. The van der Waals surface area contributed by atoms with Crippen molar-refractivity contribution in [2.75, 3.05) is 44.3 Å². The second-order valence-corrected chi connectivity index (χ2v) is 7.10. The number of benzene rings is 1. The Morgan fingerprint density at radius 3 is 2.68 bits per heavy atom. The summed E-state index contributed by atoms with van der Waals surface area (Å²) in [6.07, 6.45) is -0.303. The number of carbonyl (C=O) groups is 1. The molecule has 0 spiro atoms. The number of thioether (sulfide) groups is 1. The molecule has 22 heavy (non-hydrogen) atoms. The van der Waals surface area contributed by atoms with E-state index in [9.17, 15) is 4.79 Å². The molecule has 0 saturated carbocycles. The molecule has 0 N–H and O–H groups in total. The molecule has 2 unspecified atom stereocenters. The molecule has 2 fully saturated rings. The van der Waals surface area contributed by atoms with Crippen molar-refractivity contribution in [1.82, 2.24) is 9.80 Å². The highest BCUT2D eigenvalue weighted by Crippen LogP contribution is 2.23. The summed E-state index contributed by atoms with van der Waals surface area (Å²) < 4.78 is 5.77. The Morgan fingerprint density at radius 1 is 1.23 bits per heavy atom. The molecule has 2 aliphatic rings. The van der Waals surface area contributed by atoms with Crippen molar-refractivity contribution >= 4 is 17.7 Å². The number of hydrogen-bond donors (Lipinski definition) is 0. The predicted octanol–water partition coefficient (Wildman–Crippen LogP) is 2.02. The first-order valence-electron chi connectivity index (χ1n) is 8.03. The molecule has 2 heterocycles. The van der Waals surface area contributed by atoms with Crippen molar-refractivity contribution < 1.29 is 9.53 Å². The van der Waals surface area contributed by atoms with Gasteiger partial charge >= 0.3 is 0 Å². The molecule has 1 amide bonds. The molecule has 1 aromatic rings. The Balaban J connectivity index is 1.62. The van der Waals surface area contributed by atoms with Crippen LogP contribution in [0, 0.1) is 0 Å². The van der Waals surface area contributed by atoms with Crippen LogP contribution in [0.25, 0.3) is 0 Å². The molecule has 0 aromatic heterocycles. The minimum atomic E-state index is -0.303. The number of hydrogen-bond acceptors (Lipinski definition) is 4. The van der Waals surface area contributed by atoms with Crippen LogP contribution in [-0.4, -0.2) is 66.1 Å². The van der Waals surface area contributed by atoms with Gasteiger partial charge in [-0.2, -0.15) is 11.8 Å². The summed E-state index contributed by atoms with van der Waals surface area (Å²) in [7, 11) is 0. The molecule has 5 heteroatoms. The van der Waals surface area contributed by atoms with Crippen molar-refractivity contribution in [2.45, 2.75) is 19.1 Å². The second kappa shape index (κ2) is 7.49. The average Bonchev–Trinajstić information content (AvgIpc) is 2.62. The van der Waals surface area contributed by atoms with E-state index in [2.05, 4.69) is 36.1 Å². The van der Waals surface area contributed by atoms with Crippen LogP contribution in [0.2, 0.25) is 0 Å². The lowest BCUT2D eigenvalue weighted by atomic mass is 10.1. The van der Waals surface area contributed by atoms with Crippen LogP contribution < -0.4 is 0 Å². The van der Waals surface area contributed by atoms with Gasteiger partial charge in [-0.3, -0.25) is 9.69 Å². The fourth-order valence-corrected chi connectivity index (χ4v) is 4.00. The van der Waals surface area contributed by atoms with Crippen LogP contribution in [0.1, 0.15) is 18.5 Å². The van der Waals surface area contributed by atoms with Crippen LogP contribution >= 0.6 is 11.8 Å². The van der Waals surface area contributed by atoms with Gasteiger partial charge in [-0.1, -0.05) is 30.3 Å². The van der Waals surface area contributed by atoms with E-state index in [-0.39, 0.29) is 12.0 Å². The fraction of sp³-hybridized carbons (Fsp3) is 0.588. The number of rotatable bonds is 3. The first kappa shape index (κ1) is 15.8. The molecule has 2 aliphatic heterocycles. The molecule has 0 radical (unpaired) electrons. The second-order valence-electron chi connectivity index (χ2n) is 5.88. The van der Waals surface area contributed by atoms with Gasteiger partial charge in [0, 0.05) is 43.7 Å². The monoisotopic (exact) mass is 320 g/mol. The Morgan fingerprint density at radius 2 is 1.95 bits per heavy atom. The first-order chi connectivity index (χ1) is 10.8. The molecule has 0 bridgehead atoms. The minimum absolute atomic E-state index is 0.172. The van der Waals surface area contributed by atoms with Gasteiger partial charge in [-0.05, 0) is 12.5 Å². The average molecular weight is 320 g/mol. The maximum Gasteiger partial charge on any atom is 0.253 e. The van der Waals surface area contributed by atoms with Gasteiger partial charge < -0.3 is 9.64 Å². The summed E-state index contributed by atoms with van der Waals surface area (Å²) >= 11 is 1.92. The number of carbonyl (C=O) groups excluding carboxylic acids is 1. The summed E-state index contributed by atoms with van der Waals surface area (Å²) in [5, 5.41) is 0. The molecular formula is C17H24N2O2S. The molecule has 4 nitrogen and oxygen atoms in total. The summed E-state index contributed by atoms with van der Waals surface area (Å²) in [5.74, 6) is 2.26. The van der Waals surface area contributed by atoms with E-state index >= 15 is 0 Å². The Labute approximate surface area is 136 Å². The summed E-state index contributed by atoms with van der Waals surface area (Å²) in [6.45, 7) is 6.14. The third-order valence-electron chi connectivity index (χ3n) is 4.53. The Hall–Kier alpha value is -1.04. The van der Waals surface area contributed by atoms with E-state index in [1.165, 1.54) is 5.56 Å². The molecule has 0 aliphatic carbocycles. The van der Waals surface area contributed by atoms with Crippen LogP contribution in [-0.2, 0) is 9.53 Å². The largest absolute Gasteiger partial charge is 0.366 e. The molecule has 1 aromatic carbocycles. The zero-order valence-electron chi connectivity index (χ0n) is 13.1. The minimum Gasteiger partial charge on any atom is -0.366 e. The lowest BCUT2D eigenvalue weighted by molar-refractivity contribution is -0.150. The smallest absolute Gasteiger partial charge is 0.253 e. The van der Waals surface area contributed by atoms with Gasteiger partial charge in [0.1, 0.15) is 6.10 Å².